The van der Waals surface area contributed by atoms with Gasteiger partial charge in [-0.15, -0.1) is 0 Å². The van der Waals surface area contributed by atoms with E-state index in [2.05, 4.69) is 11.9 Å². The Morgan fingerprint density at radius 3 is 2.28 bits per heavy atom. The maximum absolute atomic E-state index is 12.1. The number of aromatic nitrogens is 2. The smallest absolute Gasteiger partial charge is 0.326 e. The average Bonchev–Trinajstić information content (AvgIpc) is 3.07. The second kappa shape index (κ2) is 8.29. The van der Waals surface area contributed by atoms with Crippen LogP contribution in [-0.2, 0) is 16.1 Å². The Morgan fingerprint density at radius 1 is 1.00 bits per heavy atom. The molecule has 2 aromatic carbocycles. The van der Waals surface area contributed by atoms with Crippen molar-refractivity contribution in [3.8, 4) is 22.5 Å². The highest BCUT2D eigenvalue weighted by atomic mass is 16.5. The Balaban J connectivity index is 1.93. The average molecular weight is 334 g/mol. The van der Waals surface area contributed by atoms with E-state index in [-0.39, 0.29) is 12.5 Å². The third-order valence-electron chi connectivity index (χ3n) is 3.99. The summed E-state index contributed by atoms with van der Waals surface area (Å²) in [5, 5.41) is 0. The lowest BCUT2D eigenvalue weighted by Gasteiger charge is -2.10. The van der Waals surface area contributed by atoms with Gasteiger partial charge < -0.3 is 9.30 Å². The molecule has 128 valence electrons. The molecule has 0 fully saturated rings. The van der Waals surface area contributed by atoms with E-state index in [0.717, 1.165) is 35.4 Å². The molecule has 0 bridgehead atoms. The van der Waals surface area contributed by atoms with Crippen molar-refractivity contribution in [1.29, 1.82) is 0 Å². The molecule has 0 saturated heterocycles. The number of benzene rings is 2. The molecule has 0 unspecified atom stereocenters. The highest BCUT2D eigenvalue weighted by Crippen LogP contribution is 2.31. The van der Waals surface area contributed by atoms with Crippen LogP contribution in [0.5, 0.6) is 0 Å². The van der Waals surface area contributed by atoms with Gasteiger partial charge in [-0.1, -0.05) is 74.0 Å². The first kappa shape index (κ1) is 17.0. The van der Waals surface area contributed by atoms with Gasteiger partial charge in [-0.3, -0.25) is 4.79 Å². The SMILES string of the molecule is CCCCOC(=O)Cn1cnc(-c2ccccc2)c1-c1ccccc1. The zero-order valence-corrected chi connectivity index (χ0v) is 14.4. The molecule has 0 aliphatic rings. The molecule has 0 saturated carbocycles. The molecule has 0 aliphatic heterocycles. The number of imidazole rings is 1. The Morgan fingerprint density at radius 2 is 1.64 bits per heavy atom. The molecule has 0 amide bonds. The predicted molar refractivity (Wildman–Crippen MR) is 99.0 cm³/mol. The highest BCUT2D eigenvalue weighted by molar-refractivity contribution is 5.80. The first-order chi connectivity index (χ1) is 12.3. The number of ether oxygens (including phenoxy) is 1. The van der Waals surface area contributed by atoms with Crippen LogP contribution in [0.2, 0.25) is 0 Å². The van der Waals surface area contributed by atoms with E-state index in [9.17, 15) is 4.79 Å². The number of hydrogen-bond donors (Lipinski definition) is 0. The van der Waals surface area contributed by atoms with Gasteiger partial charge in [0.1, 0.15) is 6.54 Å². The van der Waals surface area contributed by atoms with Gasteiger partial charge >= 0.3 is 5.97 Å². The number of nitrogens with zero attached hydrogens (tertiary/aromatic N) is 2. The zero-order chi connectivity index (χ0) is 17.5. The summed E-state index contributed by atoms with van der Waals surface area (Å²) in [4.78, 5) is 16.7. The van der Waals surface area contributed by atoms with Gasteiger partial charge in [0.05, 0.1) is 24.3 Å². The summed E-state index contributed by atoms with van der Waals surface area (Å²) in [5.74, 6) is -0.234. The van der Waals surface area contributed by atoms with Crippen molar-refractivity contribution in [2.75, 3.05) is 6.61 Å². The Kier molecular flexibility index (Phi) is 5.62. The molecule has 0 aliphatic carbocycles. The quantitative estimate of drug-likeness (QED) is 0.470. The third kappa shape index (κ3) is 4.15. The van der Waals surface area contributed by atoms with Gasteiger partial charge in [-0.25, -0.2) is 4.98 Å². The fourth-order valence-corrected chi connectivity index (χ4v) is 2.72. The number of unbranched alkanes of at least 4 members (excludes halogenated alkanes) is 1. The summed E-state index contributed by atoms with van der Waals surface area (Å²) < 4.78 is 7.17. The summed E-state index contributed by atoms with van der Waals surface area (Å²) in [6.45, 7) is 2.70. The lowest BCUT2D eigenvalue weighted by Crippen LogP contribution is -2.14. The first-order valence-electron chi connectivity index (χ1n) is 8.61. The van der Waals surface area contributed by atoms with Crippen LogP contribution >= 0.6 is 0 Å². The minimum atomic E-state index is -0.234. The zero-order valence-electron chi connectivity index (χ0n) is 14.4. The third-order valence-corrected chi connectivity index (χ3v) is 3.99. The normalized spacial score (nSPS) is 10.6. The molecule has 1 heterocycles. The Bertz CT molecular complexity index is 810. The summed E-state index contributed by atoms with van der Waals surface area (Å²) in [5.41, 5.74) is 3.85. The minimum Gasteiger partial charge on any atom is -0.464 e. The molecule has 0 N–H and O–H groups in total. The van der Waals surface area contributed by atoms with E-state index in [1.54, 1.807) is 6.33 Å². The van der Waals surface area contributed by atoms with Gasteiger partial charge in [0, 0.05) is 11.1 Å². The van der Waals surface area contributed by atoms with Crippen molar-refractivity contribution in [3.63, 3.8) is 0 Å². The van der Waals surface area contributed by atoms with E-state index in [1.165, 1.54) is 0 Å². The van der Waals surface area contributed by atoms with E-state index >= 15 is 0 Å². The van der Waals surface area contributed by atoms with E-state index in [1.807, 2.05) is 65.2 Å². The number of rotatable bonds is 7. The van der Waals surface area contributed by atoms with Crippen LogP contribution in [-0.4, -0.2) is 22.1 Å². The summed E-state index contributed by atoms with van der Waals surface area (Å²) in [7, 11) is 0. The molecule has 1 aromatic heterocycles. The van der Waals surface area contributed by atoms with Crippen LogP contribution < -0.4 is 0 Å². The van der Waals surface area contributed by atoms with Crippen LogP contribution in [0.25, 0.3) is 22.5 Å². The molecule has 0 spiro atoms. The molecule has 25 heavy (non-hydrogen) atoms. The van der Waals surface area contributed by atoms with Crippen molar-refractivity contribution in [2.24, 2.45) is 0 Å². The van der Waals surface area contributed by atoms with Gasteiger partial charge in [-0.05, 0) is 6.42 Å². The molecular weight excluding hydrogens is 312 g/mol. The van der Waals surface area contributed by atoms with Crippen molar-refractivity contribution >= 4 is 5.97 Å². The van der Waals surface area contributed by atoms with Crippen LogP contribution in [0.4, 0.5) is 0 Å². The maximum Gasteiger partial charge on any atom is 0.326 e. The largest absolute Gasteiger partial charge is 0.464 e. The molecular formula is C21H22N2O2. The van der Waals surface area contributed by atoms with Crippen molar-refractivity contribution in [1.82, 2.24) is 9.55 Å². The Labute approximate surface area is 148 Å². The monoisotopic (exact) mass is 334 g/mol. The molecule has 0 atom stereocenters. The highest BCUT2D eigenvalue weighted by Gasteiger charge is 2.17. The molecule has 4 nitrogen and oxygen atoms in total. The standard InChI is InChI=1S/C21H22N2O2/c1-2-3-14-25-19(24)15-23-16-22-20(17-10-6-4-7-11-17)21(23)18-12-8-5-9-13-18/h4-13,16H,2-3,14-15H2,1H3. The lowest BCUT2D eigenvalue weighted by atomic mass is 10.0. The predicted octanol–water partition coefficient (Wildman–Crippen LogP) is 4.56. The number of carbonyl (C=O) groups excluding carboxylic acids is 1. The van der Waals surface area contributed by atoms with Crippen LogP contribution in [0.15, 0.2) is 67.0 Å². The molecule has 3 aromatic rings. The van der Waals surface area contributed by atoms with Crippen molar-refractivity contribution in [2.45, 2.75) is 26.3 Å². The second-order valence-corrected chi connectivity index (χ2v) is 5.88. The van der Waals surface area contributed by atoms with E-state index < -0.39 is 0 Å². The second-order valence-electron chi connectivity index (χ2n) is 5.88. The fourth-order valence-electron chi connectivity index (χ4n) is 2.72. The van der Waals surface area contributed by atoms with Gasteiger partial charge in [-0.2, -0.15) is 0 Å². The van der Waals surface area contributed by atoms with Gasteiger partial charge in [0.25, 0.3) is 0 Å². The Hall–Kier alpha value is -2.88. The lowest BCUT2D eigenvalue weighted by molar-refractivity contribution is -0.144. The van der Waals surface area contributed by atoms with Crippen LogP contribution in [0, 0.1) is 0 Å². The summed E-state index contributed by atoms with van der Waals surface area (Å²) in [6.07, 6.45) is 3.61. The summed E-state index contributed by atoms with van der Waals surface area (Å²) in [6, 6.07) is 20.0. The van der Waals surface area contributed by atoms with Crippen molar-refractivity contribution < 1.29 is 9.53 Å². The number of esters is 1. The fraction of sp³-hybridized carbons (Fsp3) is 0.238. The van der Waals surface area contributed by atoms with Gasteiger partial charge in [0.2, 0.25) is 0 Å². The van der Waals surface area contributed by atoms with Crippen LogP contribution in [0.3, 0.4) is 0 Å². The topological polar surface area (TPSA) is 44.1 Å². The molecule has 3 rings (SSSR count). The minimum absolute atomic E-state index is 0.160. The number of hydrogen-bond acceptors (Lipinski definition) is 3. The number of carbonyl (C=O) groups is 1. The first-order valence-corrected chi connectivity index (χ1v) is 8.61. The van der Waals surface area contributed by atoms with Crippen LogP contribution in [0.1, 0.15) is 19.8 Å². The van der Waals surface area contributed by atoms with E-state index in [0.29, 0.717) is 6.61 Å². The molecule has 0 radical (unpaired) electrons. The van der Waals surface area contributed by atoms with Gasteiger partial charge in [0.15, 0.2) is 0 Å². The van der Waals surface area contributed by atoms with Crippen molar-refractivity contribution in [3.05, 3.63) is 67.0 Å². The maximum atomic E-state index is 12.1. The van der Waals surface area contributed by atoms with E-state index in [4.69, 9.17) is 4.74 Å². The molecule has 4 heteroatoms. The summed E-state index contributed by atoms with van der Waals surface area (Å²) >= 11 is 0.